The van der Waals surface area contributed by atoms with Crippen LogP contribution in [0.25, 0.3) is 0 Å². The summed E-state index contributed by atoms with van der Waals surface area (Å²) in [6.45, 7) is 71.0. The summed E-state index contributed by atoms with van der Waals surface area (Å²) in [5.74, 6) is 6.22. The highest BCUT2D eigenvalue weighted by Gasteiger charge is 2.45. The van der Waals surface area contributed by atoms with Crippen molar-refractivity contribution in [3.8, 4) is 0 Å². The first-order chi connectivity index (χ1) is 70.1. The van der Waals surface area contributed by atoms with Crippen LogP contribution in [0.2, 0.25) is 0 Å². The molecule has 149 heavy (non-hydrogen) atoms. The average molecular weight is 2250 g/mol. The van der Waals surface area contributed by atoms with Crippen molar-refractivity contribution in [1.29, 1.82) is 0 Å². The lowest BCUT2D eigenvalue weighted by Gasteiger charge is -2.26. The molecule has 0 bridgehead atoms. The number of carbonyl (C=O) groups is 9. The van der Waals surface area contributed by atoms with Gasteiger partial charge >= 0.3 is 7.82 Å². The molecule has 6 aliphatic rings. The highest BCUT2D eigenvalue weighted by molar-refractivity contribution is 8.77. The van der Waals surface area contributed by atoms with Crippen molar-refractivity contribution in [2.75, 3.05) is 121 Å². The summed E-state index contributed by atoms with van der Waals surface area (Å²) in [6.07, 6.45) is 22.2. The SMILES string of the molecule is CC(C)CCCCCCCCCC(=O)CCC(=O)N1C[C@H](OC(C)C)C[C@H]1COC(C)C.CC(C)CCCSSCC(=O)N1C[C@H](OC(C)C)C[C@H]1COC(C)C.CC(C)OC[C@@H]1C[C@@H](OC(C)C)CN1C(=O)CSSC(C)C.CC(C)OC[C@@H]1C[C@@H](OC(C)C)CN1C(=O)CSSCCC(=O)C(C)C.CC1C[C@@H](COP(=O)(O)O[C@@H]2C[C@@H](COC(C)C)N(C(=O)CCCNC(C)C)C2)N(C(=O)CCC(=O)CCCNC(C)C)C1. The molecule has 37 heteroatoms. The lowest BCUT2D eigenvalue weighted by Crippen LogP contribution is -2.40. The number of unbranched alkanes of at least 4 members (excludes halogenated alkanes) is 6. The third kappa shape index (κ3) is 69.0. The fourth-order valence-electron chi connectivity index (χ4n) is 18.2. The molecule has 0 aromatic heterocycles. The zero-order valence-corrected chi connectivity index (χ0v) is 104. The van der Waals surface area contributed by atoms with E-state index in [1.54, 1.807) is 53.0 Å². The number of phosphoric acid groups is 1. The predicted molar refractivity (Wildman–Crippen MR) is 619 cm³/mol. The van der Waals surface area contributed by atoms with Gasteiger partial charge in [0.05, 0.1) is 179 Å². The Balaban J connectivity index is 0.000000644. The number of hydrogen-bond acceptors (Lipinski definition) is 29. The minimum atomic E-state index is -4.47. The molecule has 3 N–H and O–H groups in total. The minimum Gasteiger partial charge on any atom is -0.377 e. The summed E-state index contributed by atoms with van der Waals surface area (Å²) in [4.78, 5) is 135. The molecule has 0 aromatic rings. The number of phosphoric ester groups is 1. The van der Waals surface area contributed by atoms with Crippen LogP contribution in [0, 0.1) is 23.7 Å². The summed E-state index contributed by atoms with van der Waals surface area (Å²) < 4.78 is 76.6. The van der Waals surface area contributed by atoms with Crippen molar-refractivity contribution < 1.29 is 104 Å². The highest BCUT2D eigenvalue weighted by Crippen LogP contribution is 2.48. The highest BCUT2D eigenvalue weighted by atomic mass is 33.1. The molecule has 6 amide bonds. The Morgan fingerprint density at radius 3 is 0.980 bits per heavy atom. The number of amides is 6. The number of hydrogen-bond donors (Lipinski definition) is 3. The number of Topliss-reactive ketones (excluding diaryl/α,β-unsaturated/α-hetero) is 3. The summed E-state index contributed by atoms with van der Waals surface area (Å²) >= 11 is 0. The van der Waals surface area contributed by atoms with Crippen LogP contribution in [0.1, 0.15) is 382 Å². The van der Waals surface area contributed by atoms with Crippen molar-refractivity contribution in [2.45, 2.75) is 521 Å². The molecular weight excluding hydrogens is 2030 g/mol. The van der Waals surface area contributed by atoms with Crippen LogP contribution in [0.3, 0.4) is 0 Å². The van der Waals surface area contributed by atoms with E-state index in [4.69, 9.17) is 51.7 Å². The molecule has 6 rings (SSSR count). The first kappa shape index (κ1) is 143. The number of likely N-dealkylation sites (tertiary alicyclic amines) is 6. The Hall–Kier alpha value is -2.40. The second kappa shape index (κ2) is 81.2. The minimum absolute atomic E-state index is 0.0148. The number of nitrogens with zero attached hydrogens (tertiary/aromatic N) is 6. The Kier molecular flexibility index (Phi) is 77.8. The Morgan fingerprint density at radius 1 is 0.315 bits per heavy atom. The zero-order chi connectivity index (χ0) is 112. The first-order valence-corrected chi connectivity index (χ1v) is 65.9. The Bertz CT molecular complexity index is 3660. The van der Waals surface area contributed by atoms with E-state index < -0.39 is 13.9 Å². The zero-order valence-electron chi connectivity index (χ0n) is 98.5. The number of carbonyl (C=O) groups excluding carboxylic acids is 9. The number of nitrogens with one attached hydrogen (secondary N) is 2. The molecule has 0 radical (unpaired) electrons. The van der Waals surface area contributed by atoms with Crippen molar-refractivity contribution in [3.63, 3.8) is 0 Å². The molecule has 0 saturated carbocycles. The van der Waals surface area contributed by atoms with Crippen LogP contribution in [0.5, 0.6) is 0 Å². The third-order valence-corrected chi connectivity index (χ3v) is 33.9. The smallest absolute Gasteiger partial charge is 0.377 e. The molecule has 2 unspecified atom stereocenters. The number of ketones is 3. The summed E-state index contributed by atoms with van der Waals surface area (Å²) in [6, 6.07) is 0.494. The van der Waals surface area contributed by atoms with Gasteiger partial charge in [0, 0.05) is 125 Å². The van der Waals surface area contributed by atoms with E-state index in [1.165, 1.54) is 62.2 Å². The van der Waals surface area contributed by atoms with E-state index in [2.05, 4.69) is 79.9 Å². The maximum atomic E-state index is 13.0. The van der Waals surface area contributed by atoms with Crippen LogP contribution in [0.15, 0.2) is 0 Å². The van der Waals surface area contributed by atoms with Crippen molar-refractivity contribution >= 4 is 125 Å². The van der Waals surface area contributed by atoms with E-state index in [1.807, 2.05) is 176 Å². The average Bonchev–Trinajstić information content (AvgIpc) is 1.69. The molecule has 30 nitrogen and oxygen atoms in total. The van der Waals surface area contributed by atoms with Gasteiger partial charge in [0.1, 0.15) is 17.3 Å². The van der Waals surface area contributed by atoms with Gasteiger partial charge < -0.3 is 87.6 Å². The van der Waals surface area contributed by atoms with Crippen LogP contribution >= 0.6 is 72.6 Å². The van der Waals surface area contributed by atoms with Crippen molar-refractivity contribution in [1.82, 2.24) is 40.0 Å². The van der Waals surface area contributed by atoms with Gasteiger partial charge in [-0.2, -0.15) is 0 Å². The van der Waals surface area contributed by atoms with E-state index in [0.29, 0.717) is 158 Å². The normalized spacial score (nSPS) is 21.5. The Labute approximate surface area is 928 Å². The molecule has 0 aliphatic carbocycles. The van der Waals surface area contributed by atoms with E-state index in [-0.39, 0.29) is 206 Å². The van der Waals surface area contributed by atoms with Gasteiger partial charge in [0.25, 0.3) is 0 Å². The van der Waals surface area contributed by atoms with E-state index >= 15 is 0 Å². The summed E-state index contributed by atoms with van der Waals surface area (Å²) in [5, 5.41) is 7.12. The van der Waals surface area contributed by atoms with Gasteiger partial charge in [-0.3, -0.25) is 52.2 Å². The standard InChI is InChI=1S/C31H59N4O8P.C27H51NO4.C19H35NO4S2.C19H37NO3S2.C16H31NO3S2/c1-22(2)32-14-8-10-28(36)12-13-31(38)34-18-25(7)16-26(34)21-42-44(39,40)43-29-17-27(20-41-24(5)6)35(19-29)30(37)11-9-15-33-23(3)4;1-21(2)14-12-10-8-7-9-11-13-15-25(29)16-17-27(30)28-19-26(32-23(5)6)18-24(28)20-31-22(3)4;1-13(2)18(21)7-8-25-26-12-19(22)20-10-17(24-15(5)6)9-16(20)11-23-14(3)4;1-14(2)8-7-9-24-25-13-19(21)20-11-18(23-16(5)6)10-17(20)12-22-15(3)4;1-11(2)19-9-14-7-15(20-12(3)4)8-17(14)16(18)10-21-22-13(5)6/h22-27,29,32-33H,8-21H2,1-7H3,(H,39,40);21-24,26H,7-20H2,1-6H3;13-17H,7-12H2,1-6H3;14-18H,7-13H2,1-6H3;11-15H,7-10H2,1-6H3/t25?,26-,27-,29+;24-,26+;16-,17+;17-,18+;14-,15+/m00000/s1. The molecule has 0 spiro atoms. The maximum absolute atomic E-state index is 13.0. The molecular formula is C112H213N8O22PS6. The Morgan fingerprint density at radius 2 is 0.624 bits per heavy atom. The van der Waals surface area contributed by atoms with Gasteiger partial charge in [-0.15, -0.1) is 0 Å². The molecule has 6 saturated heterocycles. The van der Waals surface area contributed by atoms with Gasteiger partial charge in [0.15, 0.2) is 0 Å². The molecule has 6 fully saturated rings. The first-order valence-electron chi connectivity index (χ1n) is 57.1. The second-order valence-corrected chi connectivity index (χ2v) is 55.3. The summed E-state index contributed by atoms with van der Waals surface area (Å²) in [5.41, 5.74) is 0. The lowest BCUT2D eigenvalue weighted by atomic mass is 10.0. The lowest BCUT2D eigenvalue weighted by molar-refractivity contribution is -0.135. The van der Waals surface area contributed by atoms with Gasteiger partial charge in [0.2, 0.25) is 35.4 Å². The second-order valence-electron chi connectivity index (χ2n) is 45.7. The molecule has 6 aliphatic heterocycles. The monoisotopic (exact) mass is 2250 g/mol. The fraction of sp³-hybridized carbons (Fsp3) is 0.920. The van der Waals surface area contributed by atoms with E-state index in [0.717, 1.165) is 81.4 Å². The summed E-state index contributed by atoms with van der Waals surface area (Å²) in [7, 11) is 5.57. The molecule has 13 atom stereocenters. The molecule has 6 heterocycles. The van der Waals surface area contributed by atoms with Gasteiger partial charge in [-0.1, -0.05) is 206 Å². The fourth-order valence-corrected chi connectivity index (χ4v) is 25.0. The third-order valence-electron chi connectivity index (χ3n) is 25.4. The predicted octanol–water partition coefficient (Wildman–Crippen LogP) is 22.0. The van der Waals surface area contributed by atoms with E-state index in [9.17, 15) is 52.6 Å². The van der Waals surface area contributed by atoms with Crippen molar-refractivity contribution in [3.05, 3.63) is 0 Å². The molecule has 874 valence electrons. The van der Waals surface area contributed by atoms with Gasteiger partial charge in [-0.25, -0.2) is 4.57 Å². The van der Waals surface area contributed by atoms with Crippen molar-refractivity contribution in [2.24, 2.45) is 23.7 Å². The topological polar surface area (TPSA) is 336 Å². The van der Waals surface area contributed by atoms with Gasteiger partial charge in [-0.05, 0) is 220 Å². The number of rotatable bonds is 72. The number of ether oxygens (including phenoxy) is 9. The van der Waals surface area contributed by atoms with Crippen LogP contribution in [0.4, 0.5) is 0 Å². The van der Waals surface area contributed by atoms with Crippen LogP contribution < -0.4 is 10.6 Å². The van der Waals surface area contributed by atoms with Crippen LogP contribution in [-0.4, -0.2) is 347 Å². The quantitative estimate of drug-likeness (QED) is 0.0289. The largest absolute Gasteiger partial charge is 0.472 e. The van der Waals surface area contributed by atoms with Crippen LogP contribution in [-0.2, 0) is 99.4 Å². The maximum Gasteiger partial charge on any atom is 0.472 e. The molecule has 0 aromatic carbocycles.